The Morgan fingerprint density at radius 1 is 0.806 bits per heavy atom. The molecule has 1 unspecified atom stereocenters. The number of aromatic hydroxyl groups is 1. The van der Waals surface area contributed by atoms with Crippen LogP contribution in [0.5, 0.6) is 11.5 Å². The molecular weight excluding hydrogens is 791 g/mol. The van der Waals surface area contributed by atoms with Crippen LogP contribution in [0.3, 0.4) is 0 Å². The number of likely N-dealkylation sites (tertiary alicyclic amines) is 1. The minimum Gasteiger partial charge on any atom is -0.508 e. The van der Waals surface area contributed by atoms with E-state index < -0.39 is 29.7 Å². The van der Waals surface area contributed by atoms with E-state index in [1.54, 1.807) is 29.2 Å². The van der Waals surface area contributed by atoms with Crippen LogP contribution >= 0.6 is 0 Å². The van der Waals surface area contributed by atoms with Gasteiger partial charge in [-0.1, -0.05) is 48.5 Å². The highest BCUT2D eigenvalue weighted by atomic mass is 16.5. The summed E-state index contributed by atoms with van der Waals surface area (Å²) in [4.78, 5) is 80.3. The number of phenols is 1. The maximum absolute atomic E-state index is 13.6. The van der Waals surface area contributed by atoms with Crippen LogP contribution in [0.1, 0.15) is 98.9 Å². The summed E-state index contributed by atoms with van der Waals surface area (Å²) in [6.07, 6.45) is 4.55. The average molecular weight is 840 g/mol. The van der Waals surface area contributed by atoms with Crippen LogP contribution in [0, 0.1) is 5.41 Å². The molecule has 10 rings (SSSR count). The van der Waals surface area contributed by atoms with Gasteiger partial charge in [0.25, 0.3) is 18.3 Å². The van der Waals surface area contributed by atoms with E-state index >= 15 is 0 Å². The number of nitrogens with one attached hydrogen (secondary N) is 1. The van der Waals surface area contributed by atoms with Gasteiger partial charge in [-0.2, -0.15) is 0 Å². The number of fused-ring (bicyclic) bond motifs is 3. The fraction of sp³-hybridized carbons (Fsp3) is 0.375. The standard InChI is InChI=1S/C47H47N5O7.CH2O2/c53-34-10-11-35-40(24-34)59-28-38(29-4-2-1-3-5-29)43(35)30-6-8-33(9-7-30)50-20-16-47(17-21-50)14-18-49(19-15-47)27-42(55)51-25-31-22-36-37(23-32(31)26-51)46(58)52(45(36)57)39-12-13-41(54)48-44(39)56;2-1-3/h1-11,22-24,38-39,43,53H,12-21,25-28H2,(H,48,54,56);1H,(H,2,3)/t38-,39?,43-;/m0./s1. The molecule has 6 aliphatic heterocycles. The summed E-state index contributed by atoms with van der Waals surface area (Å²) in [5.41, 5.74) is 7.26. The third-order valence-corrected chi connectivity index (χ3v) is 13.9. The highest BCUT2D eigenvalue weighted by Crippen LogP contribution is 2.48. The van der Waals surface area contributed by atoms with Crippen LogP contribution in [0.25, 0.3) is 0 Å². The molecule has 3 saturated heterocycles. The number of piperidine rings is 3. The molecule has 0 bridgehead atoms. The van der Waals surface area contributed by atoms with E-state index in [1.807, 2.05) is 12.1 Å². The molecule has 320 valence electrons. The predicted octanol–water partition coefficient (Wildman–Crippen LogP) is 5.03. The molecule has 3 fully saturated rings. The van der Waals surface area contributed by atoms with Crippen molar-refractivity contribution in [1.82, 2.24) is 20.0 Å². The first kappa shape index (κ1) is 40.8. The molecule has 0 aliphatic carbocycles. The maximum Gasteiger partial charge on any atom is 0.290 e. The van der Waals surface area contributed by atoms with E-state index in [0.29, 0.717) is 26.2 Å². The molecule has 0 aromatic heterocycles. The molecule has 14 nitrogen and oxygen atoms in total. The fourth-order valence-electron chi connectivity index (χ4n) is 10.5. The number of ether oxygens (including phenoxy) is 1. The molecule has 6 aliphatic rings. The van der Waals surface area contributed by atoms with Gasteiger partial charge < -0.3 is 24.7 Å². The van der Waals surface area contributed by atoms with Gasteiger partial charge in [-0.25, -0.2) is 0 Å². The highest BCUT2D eigenvalue weighted by Gasteiger charge is 2.46. The van der Waals surface area contributed by atoms with Crippen LogP contribution in [-0.2, 0) is 32.3 Å². The molecule has 4 aromatic carbocycles. The Balaban J connectivity index is 0.00000159. The molecule has 0 saturated carbocycles. The number of hydrogen-bond donors (Lipinski definition) is 3. The van der Waals surface area contributed by atoms with Gasteiger partial charge in [0.05, 0.1) is 24.3 Å². The Morgan fingerprint density at radius 3 is 2.06 bits per heavy atom. The van der Waals surface area contributed by atoms with Crippen LogP contribution in [0.2, 0.25) is 0 Å². The summed E-state index contributed by atoms with van der Waals surface area (Å²) < 4.78 is 6.17. The summed E-state index contributed by atoms with van der Waals surface area (Å²) in [7, 11) is 0. The van der Waals surface area contributed by atoms with E-state index in [2.05, 4.69) is 63.6 Å². The van der Waals surface area contributed by atoms with Gasteiger partial charge in [0, 0.05) is 61.8 Å². The maximum atomic E-state index is 13.6. The summed E-state index contributed by atoms with van der Waals surface area (Å²) in [5.74, 6) is -0.848. The number of benzene rings is 4. The van der Waals surface area contributed by atoms with Gasteiger partial charge in [0.15, 0.2) is 0 Å². The minimum atomic E-state index is -1.00. The van der Waals surface area contributed by atoms with Crippen molar-refractivity contribution >= 4 is 41.7 Å². The van der Waals surface area contributed by atoms with Crippen LogP contribution in [-0.4, -0.2) is 106 Å². The number of carbonyl (C=O) groups excluding carboxylic acids is 5. The van der Waals surface area contributed by atoms with Crippen molar-refractivity contribution < 1.29 is 43.7 Å². The van der Waals surface area contributed by atoms with Crippen molar-refractivity contribution in [2.24, 2.45) is 5.41 Å². The number of amides is 5. The smallest absolute Gasteiger partial charge is 0.290 e. The summed E-state index contributed by atoms with van der Waals surface area (Å²) in [6.45, 7) is 5.12. The lowest BCUT2D eigenvalue weighted by Gasteiger charge is -2.47. The number of rotatable bonds is 6. The van der Waals surface area contributed by atoms with Crippen LogP contribution in [0.4, 0.5) is 5.69 Å². The Kier molecular flexibility index (Phi) is 11.0. The van der Waals surface area contributed by atoms with E-state index in [1.165, 1.54) is 16.8 Å². The number of carboxylic acid groups (broad SMARTS) is 1. The van der Waals surface area contributed by atoms with E-state index in [9.17, 15) is 29.1 Å². The number of anilines is 1. The fourth-order valence-corrected chi connectivity index (χ4v) is 10.5. The van der Waals surface area contributed by atoms with Gasteiger partial charge in [-0.15, -0.1) is 0 Å². The molecule has 0 radical (unpaired) electrons. The first-order valence-corrected chi connectivity index (χ1v) is 21.4. The topological polar surface area (TPSA) is 177 Å². The number of carbonyl (C=O) groups is 6. The second kappa shape index (κ2) is 16.7. The number of imide groups is 2. The summed E-state index contributed by atoms with van der Waals surface area (Å²) in [6, 6.07) is 27.4. The summed E-state index contributed by atoms with van der Waals surface area (Å²) in [5, 5.41) is 19.3. The van der Waals surface area contributed by atoms with Crippen molar-refractivity contribution in [2.75, 3.05) is 44.2 Å². The molecule has 1 spiro atoms. The van der Waals surface area contributed by atoms with E-state index in [-0.39, 0.29) is 59.3 Å². The third kappa shape index (κ3) is 7.67. The van der Waals surface area contributed by atoms with Crippen molar-refractivity contribution in [3.05, 3.63) is 124 Å². The van der Waals surface area contributed by atoms with Gasteiger partial charge in [0.2, 0.25) is 17.7 Å². The van der Waals surface area contributed by atoms with Crippen molar-refractivity contribution in [3.63, 3.8) is 0 Å². The lowest BCUT2D eigenvalue weighted by molar-refractivity contribution is -0.136. The van der Waals surface area contributed by atoms with Crippen LogP contribution < -0.4 is 15.0 Å². The first-order chi connectivity index (χ1) is 30.0. The molecule has 14 heteroatoms. The third-order valence-electron chi connectivity index (χ3n) is 13.9. The van der Waals surface area contributed by atoms with Crippen molar-refractivity contribution in [2.45, 2.75) is 69.5 Å². The van der Waals surface area contributed by atoms with Crippen molar-refractivity contribution in [3.8, 4) is 11.5 Å². The molecule has 62 heavy (non-hydrogen) atoms. The van der Waals surface area contributed by atoms with E-state index in [4.69, 9.17) is 14.6 Å². The van der Waals surface area contributed by atoms with E-state index in [0.717, 1.165) is 79.2 Å². The van der Waals surface area contributed by atoms with Gasteiger partial charge in [-0.05, 0) is 103 Å². The lowest BCUT2D eigenvalue weighted by Crippen LogP contribution is -2.54. The largest absolute Gasteiger partial charge is 0.508 e. The summed E-state index contributed by atoms with van der Waals surface area (Å²) >= 11 is 0. The Hall–Kier alpha value is -6.54. The molecule has 3 atom stereocenters. The SMILES string of the molecule is O=C1CCC(N2C(=O)c3cc4c(cc3C2=O)CN(C(=O)CN2CCC3(CC2)CCN(c2ccc([C@H]5c6ccc(O)cc6OC[C@H]5c5ccccc5)cc2)CC3)C4)C(=O)N1.O=CO. The monoisotopic (exact) mass is 839 g/mol. The normalized spacial score (nSPS) is 22.8. The van der Waals surface area contributed by atoms with Gasteiger partial charge in [-0.3, -0.25) is 43.9 Å². The Labute approximate surface area is 359 Å². The molecule has 6 heterocycles. The second-order valence-electron chi connectivity index (χ2n) is 17.4. The van der Waals surface area contributed by atoms with Crippen molar-refractivity contribution in [1.29, 1.82) is 0 Å². The quantitative estimate of drug-likeness (QED) is 0.176. The Bertz CT molecular complexity index is 2380. The zero-order chi connectivity index (χ0) is 43.1. The van der Waals surface area contributed by atoms with Gasteiger partial charge >= 0.3 is 0 Å². The van der Waals surface area contributed by atoms with Crippen LogP contribution in [0.15, 0.2) is 84.9 Å². The first-order valence-electron chi connectivity index (χ1n) is 21.4. The zero-order valence-corrected chi connectivity index (χ0v) is 34.3. The molecule has 4 aromatic rings. The van der Waals surface area contributed by atoms with Gasteiger partial charge in [0.1, 0.15) is 17.5 Å². The predicted molar refractivity (Wildman–Crippen MR) is 227 cm³/mol. The second-order valence-corrected chi connectivity index (χ2v) is 17.4. The average Bonchev–Trinajstić information content (AvgIpc) is 3.81. The number of phenolic OH excluding ortho intramolecular Hbond substituents is 1. The lowest BCUT2D eigenvalue weighted by atomic mass is 9.71. The Morgan fingerprint density at radius 2 is 1.44 bits per heavy atom. The zero-order valence-electron chi connectivity index (χ0n) is 34.3. The highest BCUT2D eigenvalue weighted by molar-refractivity contribution is 6.23. The number of hydrogen-bond acceptors (Lipinski definition) is 10. The number of nitrogens with zero attached hydrogens (tertiary/aromatic N) is 4. The molecule has 5 amide bonds. The molecular formula is C48H49N5O9. The minimum absolute atomic E-state index is 0.0378. The molecule has 3 N–H and O–H groups in total.